The van der Waals surface area contributed by atoms with Gasteiger partial charge in [0.15, 0.2) is 0 Å². The second kappa shape index (κ2) is 4.29. The largest absolute Gasteiger partial charge is 0.333 e. The van der Waals surface area contributed by atoms with Gasteiger partial charge in [0.25, 0.3) is 0 Å². The van der Waals surface area contributed by atoms with E-state index in [1.165, 1.54) is 12.3 Å². The fourth-order valence-electron chi connectivity index (χ4n) is 0.987. The van der Waals surface area contributed by atoms with E-state index < -0.39 is 6.55 Å². The number of aromatic nitrogens is 2. The van der Waals surface area contributed by atoms with E-state index in [4.69, 9.17) is 11.5 Å². The van der Waals surface area contributed by atoms with Crippen molar-refractivity contribution in [2.45, 2.75) is 19.0 Å². The normalized spacial score (nSPS) is 13.6. The van der Waals surface area contributed by atoms with Crippen LogP contribution in [0, 0.1) is 0 Å². The molecule has 4 nitrogen and oxygen atoms in total. The molecule has 1 aromatic rings. The third kappa shape index (κ3) is 2.46. The highest BCUT2D eigenvalue weighted by Crippen LogP contribution is 2.14. The second-order valence-electron chi connectivity index (χ2n) is 2.68. The summed E-state index contributed by atoms with van der Waals surface area (Å²) in [5.41, 5.74) is 11.3. The van der Waals surface area contributed by atoms with E-state index in [0.29, 0.717) is 23.3 Å². The van der Waals surface area contributed by atoms with E-state index >= 15 is 0 Å². The minimum atomic E-state index is -2.61. The molecule has 6 heteroatoms. The summed E-state index contributed by atoms with van der Waals surface area (Å²) in [7, 11) is 0. The summed E-state index contributed by atoms with van der Waals surface area (Å²) in [6, 6.07) is 1.12. The summed E-state index contributed by atoms with van der Waals surface area (Å²) < 4.78 is 24.7. The summed E-state index contributed by atoms with van der Waals surface area (Å²) >= 11 is 0. The molecule has 0 aliphatic carbocycles. The third-order valence-electron chi connectivity index (χ3n) is 1.69. The molecular weight excluding hydrogens is 178 g/mol. The van der Waals surface area contributed by atoms with Gasteiger partial charge in [0.05, 0.1) is 11.7 Å². The highest BCUT2D eigenvalue weighted by molar-refractivity contribution is 5.04. The SMILES string of the molecule is NCC[C@@H](N)c1ccn(C(F)F)n1. The monoisotopic (exact) mass is 190 g/mol. The van der Waals surface area contributed by atoms with Crippen LogP contribution in [0.15, 0.2) is 12.3 Å². The van der Waals surface area contributed by atoms with Crippen molar-refractivity contribution in [3.63, 3.8) is 0 Å². The van der Waals surface area contributed by atoms with Crippen molar-refractivity contribution in [3.05, 3.63) is 18.0 Å². The van der Waals surface area contributed by atoms with Crippen LogP contribution in [-0.4, -0.2) is 16.3 Å². The molecule has 0 spiro atoms. The number of alkyl halides is 2. The molecule has 0 aliphatic heterocycles. The van der Waals surface area contributed by atoms with Crippen LogP contribution in [0.4, 0.5) is 8.78 Å². The van der Waals surface area contributed by atoms with Gasteiger partial charge in [-0.05, 0) is 19.0 Å². The first-order chi connectivity index (χ1) is 6.15. The molecule has 1 rings (SSSR count). The Morgan fingerprint density at radius 1 is 1.54 bits per heavy atom. The molecular formula is C7H12F2N4. The summed E-state index contributed by atoms with van der Waals surface area (Å²) in [6.45, 7) is -2.19. The highest BCUT2D eigenvalue weighted by Gasteiger charge is 2.11. The zero-order valence-electron chi connectivity index (χ0n) is 7.03. The Morgan fingerprint density at radius 3 is 2.69 bits per heavy atom. The maximum absolute atomic E-state index is 12.1. The first-order valence-corrected chi connectivity index (χ1v) is 3.94. The van der Waals surface area contributed by atoms with Crippen molar-refractivity contribution in [2.75, 3.05) is 6.54 Å². The zero-order chi connectivity index (χ0) is 9.84. The molecule has 0 radical (unpaired) electrons. The highest BCUT2D eigenvalue weighted by atomic mass is 19.3. The molecule has 74 valence electrons. The van der Waals surface area contributed by atoms with Crippen LogP contribution in [0.25, 0.3) is 0 Å². The molecule has 4 N–H and O–H groups in total. The number of hydrogen-bond acceptors (Lipinski definition) is 3. The van der Waals surface area contributed by atoms with Gasteiger partial charge in [-0.2, -0.15) is 13.9 Å². The van der Waals surface area contributed by atoms with Crippen LogP contribution < -0.4 is 11.5 Å². The Bertz CT molecular complexity index is 261. The van der Waals surface area contributed by atoms with Crippen LogP contribution in [0.2, 0.25) is 0 Å². The summed E-state index contributed by atoms with van der Waals surface area (Å²) in [6.07, 6.45) is 1.75. The molecule has 0 aliphatic rings. The third-order valence-corrected chi connectivity index (χ3v) is 1.69. The number of rotatable bonds is 4. The lowest BCUT2D eigenvalue weighted by molar-refractivity contribution is 0.0560. The fourth-order valence-corrected chi connectivity index (χ4v) is 0.987. The van der Waals surface area contributed by atoms with Crippen molar-refractivity contribution in [1.82, 2.24) is 9.78 Å². The van der Waals surface area contributed by atoms with Gasteiger partial charge in [0.2, 0.25) is 0 Å². The Morgan fingerprint density at radius 2 is 2.23 bits per heavy atom. The van der Waals surface area contributed by atoms with Gasteiger partial charge in [0.1, 0.15) is 0 Å². The predicted octanol–water partition coefficient (Wildman–Crippen LogP) is 0.627. The quantitative estimate of drug-likeness (QED) is 0.731. The van der Waals surface area contributed by atoms with Gasteiger partial charge in [-0.15, -0.1) is 0 Å². The molecule has 0 fully saturated rings. The van der Waals surface area contributed by atoms with E-state index in [1.54, 1.807) is 0 Å². The lowest BCUT2D eigenvalue weighted by Gasteiger charge is -2.05. The number of nitrogens with zero attached hydrogens (tertiary/aromatic N) is 2. The molecule has 13 heavy (non-hydrogen) atoms. The first kappa shape index (κ1) is 10.1. The number of halogens is 2. The van der Waals surface area contributed by atoms with Crippen molar-refractivity contribution < 1.29 is 8.78 Å². The molecule has 1 aromatic heterocycles. The van der Waals surface area contributed by atoms with E-state index in [0.717, 1.165) is 0 Å². The Hall–Kier alpha value is -1.01. The summed E-state index contributed by atoms with van der Waals surface area (Å²) in [5.74, 6) is 0. The van der Waals surface area contributed by atoms with Crippen molar-refractivity contribution in [3.8, 4) is 0 Å². The molecule has 0 unspecified atom stereocenters. The summed E-state index contributed by atoms with van der Waals surface area (Å²) in [4.78, 5) is 0. The minimum absolute atomic E-state index is 0.356. The van der Waals surface area contributed by atoms with Gasteiger partial charge in [-0.1, -0.05) is 0 Å². The van der Waals surface area contributed by atoms with E-state index in [9.17, 15) is 8.78 Å². The molecule has 0 saturated heterocycles. The van der Waals surface area contributed by atoms with Gasteiger partial charge in [0, 0.05) is 6.20 Å². The van der Waals surface area contributed by atoms with Crippen LogP contribution in [-0.2, 0) is 0 Å². The van der Waals surface area contributed by atoms with Crippen LogP contribution in [0.1, 0.15) is 24.7 Å². The van der Waals surface area contributed by atoms with E-state index in [1.807, 2.05) is 0 Å². The molecule has 0 amide bonds. The maximum atomic E-state index is 12.1. The van der Waals surface area contributed by atoms with Crippen molar-refractivity contribution >= 4 is 0 Å². The van der Waals surface area contributed by atoms with Gasteiger partial charge >= 0.3 is 6.55 Å². The van der Waals surface area contributed by atoms with Gasteiger partial charge in [-0.3, -0.25) is 0 Å². The molecule has 0 aromatic carbocycles. The average Bonchev–Trinajstić information content (AvgIpc) is 2.52. The topological polar surface area (TPSA) is 69.9 Å². The average molecular weight is 190 g/mol. The van der Waals surface area contributed by atoms with E-state index in [2.05, 4.69) is 5.10 Å². The van der Waals surface area contributed by atoms with Crippen molar-refractivity contribution in [1.29, 1.82) is 0 Å². The lowest BCUT2D eigenvalue weighted by Crippen LogP contribution is -2.16. The lowest BCUT2D eigenvalue weighted by atomic mass is 10.1. The molecule has 1 heterocycles. The standard InChI is InChI=1S/C7H12F2N4/c8-7(9)13-4-2-6(12-13)5(11)1-3-10/h2,4-5,7H,1,3,10-11H2/t5-/m1/s1. The Balaban J connectivity index is 2.67. The first-order valence-electron chi connectivity index (χ1n) is 3.94. The van der Waals surface area contributed by atoms with Gasteiger partial charge < -0.3 is 11.5 Å². The van der Waals surface area contributed by atoms with E-state index in [-0.39, 0.29) is 6.04 Å². The molecule has 0 bridgehead atoms. The predicted molar refractivity (Wildman–Crippen MR) is 44.1 cm³/mol. The van der Waals surface area contributed by atoms with Crippen molar-refractivity contribution in [2.24, 2.45) is 11.5 Å². The Labute approximate surface area is 74.5 Å². The smallest absolute Gasteiger partial charge is 0.330 e. The molecule has 0 saturated carbocycles. The summed E-state index contributed by atoms with van der Waals surface area (Å²) in [5, 5.41) is 3.61. The zero-order valence-corrected chi connectivity index (χ0v) is 7.03. The maximum Gasteiger partial charge on any atom is 0.333 e. The van der Waals surface area contributed by atoms with Crippen LogP contribution in [0.5, 0.6) is 0 Å². The second-order valence-corrected chi connectivity index (χ2v) is 2.68. The Kier molecular flexibility index (Phi) is 3.32. The van der Waals surface area contributed by atoms with Gasteiger partial charge in [-0.25, -0.2) is 4.68 Å². The van der Waals surface area contributed by atoms with Crippen LogP contribution >= 0.6 is 0 Å². The number of nitrogens with two attached hydrogens (primary N) is 2. The fraction of sp³-hybridized carbons (Fsp3) is 0.571. The molecule has 1 atom stereocenters. The van der Waals surface area contributed by atoms with Crippen LogP contribution in [0.3, 0.4) is 0 Å². The minimum Gasteiger partial charge on any atom is -0.330 e. The number of hydrogen-bond donors (Lipinski definition) is 2.